The molecule has 1 amide bonds. The molecule has 34 heavy (non-hydrogen) atoms. The number of amides is 1. The van der Waals surface area contributed by atoms with Crippen LogP contribution >= 0.6 is 46.3 Å². The second kappa shape index (κ2) is 9.38. The predicted molar refractivity (Wildman–Crippen MR) is 143 cm³/mol. The van der Waals surface area contributed by atoms with Gasteiger partial charge >= 0.3 is 0 Å². The summed E-state index contributed by atoms with van der Waals surface area (Å²) < 4.78 is 1.59. The van der Waals surface area contributed by atoms with E-state index in [2.05, 4.69) is 5.32 Å². The van der Waals surface area contributed by atoms with Crippen molar-refractivity contribution in [2.75, 3.05) is 11.1 Å². The number of fused-ring (bicyclic) bond motifs is 3. The first-order valence-electron chi connectivity index (χ1n) is 10.8. The minimum atomic E-state index is -0.218. The Morgan fingerprint density at radius 3 is 2.68 bits per heavy atom. The Morgan fingerprint density at radius 2 is 1.94 bits per heavy atom. The van der Waals surface area contributed by atoms with Crippen LogP contribution in [-0.2, 0) is 17.6 Å². The predicted octanol–water partition coefficient (Wildman–Crippen LogP) is 6.59. The number of nitrogens with zero attached hydrogens (tertiary/aromatic N) is 2. The van der Waals surface area contributed by atoms with Crippen LogP contribution in [0, 0.1) is 13.8 Å². The summed E-state index contributed by atoms with van der Waals surface area (Å²) in [5.41, 5.74) is 4.22. The Balaban J connectivity index is 1.50. The fourth-order valence-electron chi connectivity index (χ4n) is 4.32. The Kier molecular flexibility index (Phi) is 6.46. The molecule has 0 saturated heterocycles. The van der Waals surface area contributed by atoms with Crippen LogP contribution in [0.5, 0.6) is 0 Å². The highest BCUT2D eigenvalue weighted by Crippen LogP contribution is 2.36. The van der Waals surface area contributed by atoms with E-state index in [1.165, 1.54) is 16.6 Å². The molecule has 0 radical (unpaired) electrons. The summed E-state index contributed by atoms with van der Waals surface area (Å²) in [4.78, 5) is 33.3. The molecule has 0 spiro atoms. The number of anilines is 1. The fourth-order valence-corrected chi connectivity index (χ4v) is 6.93. The number of thioether (sulfide) groups is 1. The van der Waals surface area contributed by atoms with Gasteiger partial charge in [-0.1, -0.05) is 41.0 Å². The lowest BCUT2D eigenvalue weighted by Gasteiger charge is -2.14. The van der Waals surface area contributed by atoms with E-state index in [-0.39, 0.29) is 17.2 Å². The molecule has 9 heteroatoms. The molecule has 2 aromatic carbocycles. The van der Waals surface area contributed by atoms with Crippen molar-refractivity contribution in [3.63, 3.8) is 0 Å². The summed E-state index contributed by atoms with van der Waals surface area (Å²) in [6, 6.07) is 10.9. The van der Waals surface area contributed by atoms with Gasteiger partial charge in [0.2, 0.25) is 5.91 Å². The van der Waals surface area contributed by atoms with Crippen molar-refractivity contribution in [3.05, 3.63) is 78.4 Å². The van der Waals surface area contributed by atoms with E-state index in [9.17, 15) is 9.59 Å². The Morgan fingerprint density at radius 1 is 1.18 bits per heavy atom. The van der Waals surface area contributed by atoms with Crippen LogP contribution in [0.2, 0.25) is 10.0 Å². The van der Waals surface area contributed by atoms with Crippen molar-refractivity contribution in [1.29, 1.82) is 0 Å². The molecule has 1 N–H and O–H groups in total. The van der Waals surface area contributed by atoms with Crippen LogP contribution in [0.25, 0.3) is 15.9 Å². The molecular formula is C25H21Cl2N3O2S2. The second-order valence-corrected chi connectivity index (χ2v) is 11.2. The summed E-state index contributed by atoms with van der Waals surface area (Å²) in [7, 11) is 0. The summed E-state index contributed by atoms with van der Waals surface area (Å²) in [6.07, 6.45) is 2.95. The van der Waals surface area contributed by atoms with Crippen LogP contribution in [0.3, 0.4) is 0 Å². The number of benzene rings is 2. The third kappa shape index (κ3) is 4.38. The lowest BCUT2D eigenvalue weighted by molar-refractivity contribution is -0.113. The van der Waals surface area contributed by atoms with Crippen LogP contribution in [0.15, 0.2) is 46.3 Å². The van der Waals surface area contributed by atoms with Crippen molar-refractivity contribution in [2.24, 2.45) is 0 Å². The zero-order valence-electron chi connectivity index (χ0n) is 18.6. The highest BCUT2D eigenvalue weighted by atomic mass is 35.5. The van der Waals surface area contributed by atoms with E-state index in [1.807, 2.05) is 26.0 Å². The van der Waals surface area contributed by atoms with Gasteiger partial charge in [0.25, 0.3) is 5.56 Å². The lowest BCUT2D eigenvalue weighted by atomic mass is 10.1. The van der Waals surface area contributed by atoms with Crippen LogP contribution in [-0.4, -0.2) is 21.2 Å². The Bertz CT molecular complexity index is 1470. The maximum Gasteiger partial charge on any atom is 0.267 e. The molecule has 0 saturated carbocycles. The van der Waals surface area contributed by atoms with Gasteiger partial charge < -0.3 is 5.32 Å². The molecule has 1 aliphatic rings. The average Bonchev–Trinajstić information content (AvgIpc) is 3.37. The van der Waals surface area contributed by atoms with Gasteiger partial charge in [-0.3, -0.25) is 14.2 Å². The first kappa shape index (κ1) is 23.4. The quantitative estimate of drug-likeness (QED) is 0.234. The number of aromatic nitrogens is 2. The molecular weight excluding hydrogens is 509 g/mol. The van der Waals surface area contributed by atoms with Gasteiger partial charge in [-0.05, 0) is 80.1 Å². The molecule has 0 bridgehead atoms. The number of thiophene rings is 1. The van der Waals surface area contributed by atoms with E-state index in [4.69, 9.17) is 28.2 Å². The number of carbonyl (C=O) groups excluding carboxylic acids is 1. The second-order valence-electron chi connectivity index (χ2n) is 8.32. The third-order valence-corrected chi connectivity index (χ3v) is 8.50. The third-order valence-electron chi connectivity index (χ3n) is 5.82. The van der Waals surface area contributed by atoms with Crippen molar-refractivity contribution in [3.8, 4) is 5.69 Å². The van der Waals surface area contributed by atoms with Crippen molar-refractivity contribution in [2.45, 2.75) is 38.3 Å². The summed E-state index contributed by atoms with van der Waals surface area (Å²) in [6.45, 7) is 3.87. The standard InChI is InChI=1S/C25H21Cl2N3O2S2/c1-13-10-14(2)22(18(27)11-13)28-20(31)12-33-25-29-23-21(17-4-3-5-19(17)34-23)24(32)30(25)16-8-6-15(26)7-9-16/h6-11H,3-5,12H2,1-2H3,(H,28,31). The van der Waals surface area contributed by atoms with E-state index in [0.29, 0.717) is 32.0 Å². The average molecular weight is 531 g/mol. The number of halogens is 2. The SMILES string of the molecule is Cc1cc(C)c(NC(=O)CSc2nc3sc4c(c3c(=O)n2-c2ccc(Cl)cc2)CCC4)c(Cl)c1. The Labute approximate surface area is 215 Å². The first-order chi connectivity index (χ1) is 16.3. The lowest BCUT2D eigenvalue weighted by Crippen LogP contribution is -2.23. The number of aryl methyl sites for hydroxylation is 4. The van der Waals surface area contributed by atoms with Gasteiger partial charge in [0.15, 0.2) is 5.16 Å². The van der Waals surface area contributed by atoms with E-state index in [1.54, 1.807) is 40.2 Å². The van der Waals surface area contributed by atoms with Gasteiger partial charge in [0.1, 0.15) is 4.83 Å². The number of carbonyl (C=O) groups is 1. The zero-order chi connectivity index (χ0) is 24.0. The number of hydrogen-bond acceptors (Lipinski definition) is 5. The first-order valence-corrected chi connectivity index (χ1v) is 13.4. The molecule has 2 aromatic heterocycles. The topological polar surface area (TPSA) is 64.0 Å². The molecule has 5 nitrogen and oxygen atoms in total. The van der Waals surface area contributed by atoms with E-state index < -0.39 is 0 Å². The Hall–Kier alpha value is -2.32. The highest BCUT2D eigenvalue weighted by molar-refractivity contribution is 7.99. The molecule has 0 unspecified atom stereocenters. The normalized spacial score (nSPS) is 12.8. The minimum Gasteiger partial charge on any atom is -0.324 e. The smallest absolute Gasteiger partial charge is 0.267 e. The summed E-state index contributed by atoms with van der Waals surface area (Å²) in [5.74, 6) is -0.134. The van der Waals surface area contributed by atoms with Gasteiger partial charge in [-0.15, -0.1) is 11.3 Å². The number of rotatable bonds is 5. The largest absolute Gasteiger partial charge is 0.324 e. The highest BCUT2D eigenvalue weighted by Gasteiger charge is 2.24. The van der Waals surface area contributed by atoms with Gasteiger partial charge in [0, 0.05) is 9.90 Å². The zero-order valence-corrected chi connectivity index (χ0v) is 21.7. The molecule has 5 rings (SSSR count). The number of hydrogen-bond donors (Lipinski definition) is 1. The van der Waals surface area contributed by atoms with Crippen LogP contribution in [0.4, 0.5) is 5.69 Å². The molecule has 0 fully saturated rings. The molecule has 0 atom stereocenters. The molecule has 174 valence electrons. The van der Waals surface area contributed by atoms with E-state index >= 15 is 0 Å². The van der Waals surface area contributed by atoms with Gasteiger partial charge in [-0.2, -0.15) is 0 Å². The van der Waals surface area contributed by atoms with Crippen LogP contribution in [0.1, 0.15) is 28.0 Å². The maximum absolute atomic E-state index is 13.7. The van der Waals surface area contributed by atoms with E-state index in [0.717, 1.165) is 40.8 Å². The summed E-state index contributed by atoms with van der Waals surface area (Å²) in [5, 5.41) is 5.16. The van der Waals surface area contributed by atoms with Crippen molar-refractivity contribution >= 4 is 68.1 Å². The fraction of sp³-hybridized carbons (Fsp3) is 0.240. The molecule has 4 aromatic rings. The van der Waals surface area contributed by atoms with Crippen LogP contribution < -0.4 is 10.9 Å². The van der Waals surface area contributed by atoms with Gasteiger partial charge in [0.05, 0.1) is 27.5 Å². The maximum atomic E-state index is 13.7. The van der Waals surface area contributed by atoms with Crippen molar-refractivity contribution < 1.29 is 4.79 Å². The monoisotopic (exact) mass is 529 g/mol. The van der Waals surface area contributed by atoms with Gasteiger partial charge in [-0.25, -0.2) is 4.98 Å². The molecule has 0 aliphatic heterocycles. The summed E-state index contributed by atoms with van der Waals surface area (Å²) >= 11 is 15.2. The molecule has 1 aliphatic carbocycles. The number of nitrogens with one attached hydrogen (secondary N) is 1. The molecule has 2 heterocycles. The minimum absolute atomic E-state index is 0.0836. The van der Waals surface area contributed by atoms with Crippen molar-refractivity contribution in [1.82, 2.24) is 9.55 Å².